The number of fused-ring (bicyclic) bond motifs is 1. The number of hydrogen-bond acceptors (Lipinski definition) is 4. The Morgan fingerprint density at radius 2 is 2.33 bits per heavy atom. The van der Waals surface area contributed by atoms with E-state index in [-0.39, 0.29) is 0 Å². The smallest absolute Gasteiger partial charge is 0.256 e. The van der Waals surface area contributed by atoms with E-state index in [0.29, 0.717) is 0 Å². The van der Waals surface area contributed by atoms with Crippen LogP contribution in [0, 0.1) is 5.92 Å². The van der Waals surface area contributed by atoms with Gasteiger partial charge in [0.1, 0.15) is 5.52 Å². The molecule has 1 aliphatic heterocycles. The van der Waals surface area contributed by atoms with Crippen LogP contribution < -0.4 is 5.32 Å². The monoisotopic (exact) mass is 262 g/mol. The number of hydrogen-bond donors (Lipinski definition) is 1. The molecule has 1 saturated heterocycles. The summed E-state index contributed by atoms with van der Waals surface area (Å²) in [6, 6.07) is 7.94. The van der Waals surface area contributed by atoms with E-state index < -0.39 is 0 Å². The second-order valence-corrected chi connectivity index (χ2v) is 5.84. The van der Waals surface area contributed by atoms with Gasteiger partial charge >= 0.3 is 0 Å². The van der Waals surface area contributed by atoms with Gasteiger partial charge in [0.15, 0.2) is 5.58 Å². The number of rotatable bonds is 4. The molecule has 2 aromatic rings. The molecule has 1 unspecified atom stereocenters. The number of nitrogens with one attached hydrogen (secondary N) is 1. The lowest BCUT2D eigenvalue weighted by molar-refractivity contribution is 0.370. The van der Waals surface area contributed by atoms with E-state index >= 15 is 0 Å². The van der Waals surface area contributed by atoms with Crippen LogP contribution in [-0.4, -0.2) is 23.8 Å². The van der Waals surface area contributed by atoms with Crippen LogP contribution in [0.5, 0.6) is 0 Å². The van der Waals surface area contributed by atoms with Gasteiger partial charge in [-0.25, -0.2) is 4.98 Å². The van der Waals surface area contributed by atoms with Crippen molar-refractivity contribution in [2.24, 2.45) is 5.92 Å². The molecule has 1 atom stereocenters. The van der Waals surface area contributed by atoms with Gasteiger partial charge < -0.3 is 9.73 Å². The lowest BCUT2D eigenvalue weighted by Crippen LogP contribution is -2.29. The van der Waals surface area contributed by atoms with Gasteiger partial charge in [-0.15, -0.1) is 0 Å². The van der Waals surface area contributed by atoms with Crippen molar-refractivity contribution in [1.29, 1.82) is 0 Å². The second-order valence-electron chi connectivity index (χ2n) is 4.80. The molecule has 0 bridgehead atoms. The molecule has 1 aromatic carbocycles. The predicted molar refractivity (Wildman–Crippen MR) is 74.9 cm³/mol. The van der Waals surface area contributed by atoms with Crippen LogP contribution in [-0.2, 0) is 0 Å². The number of oxazole rings is 1. The summed E-state index contributed by atoms with van der Waals surface area (Å²) < 4.78 is 5.69. The third-order valence-corrected chi connectivity index (χ3v) is 4.29. The lowest BCUT2D eigenvalue weighted by Gasteiger charge is -2.21. The van der Waals surface area contributed by atoms with Crippen molar-refractivity contribution in [3.8, 4) is 0 Å². The molecular formula is C14H18N2OS. The fourth-order valence-electron chi connectivity index (χ4n) is 2.40. The first-order valence-electron chi connectivity index (χ1n) is 6.61. The summed E-state index contributed by atoms with van der Waals surface area (Å²) in [4.78, 5) is 4.48. The SMILES string of the molecule is c1ccc2oc(SCCC3CCCNC3)nc2c1. The quantitative estimate of drug-likeness (QED) is 0.858. The first-order valence-corrected chi connectivity index (χ1v) is 7.59. The highest BCUT2D eigenvalue weighted by Crippen LogP contribution is 2.25. The number of benzene rings is 1. The molecule has 3 rings (SSSR count). The molecule has 1 aliphatic rings. The first kappa shape index (κ1) is 12.1. The summed E-state index contributed by atoms with van der Waals surface area (Å²) in [5, 5.41) is 4.26. The Bertz CT molecular complexity index is 472. The van der Waals surface area contributed by atoms with Crippen molar-refractivity contribution in [3.63, 3.8) is 0 Å². The summed E-state index contributed by atoms with van der Waals surface area (Å²) in [5.41, 5.74) is 1.85. The van der Waals surface area contributed by atoms with Gasteiger partial charge in [-0.3, -0.25) is 0 Å². The standard InChI is InChI=1S/C14H18N2OS/c1-2-6-13-12(5-1)16-14(17-13)18-9-7-11-4-3-8-15-10-11/h1-2,5-6,11,15H,3-4,7-10H2. The summed E-state index contributed by atoms with van der Waals surface area (Å²) in [7, 11) is 0. The molecule has 0 amide bonds. The molecule has 1 fully saturated rings. The van der Waals surface area contributed by atoms with Crippen LogP contribution in [0.2, 0.25) is 0 Å². The summed E-state index contributed by atoms with van der Waals surface area (Å²) >= 11 is 1.73. The zero-order valence-corrected chi connectivity index (χ0v) is 11.2. The van der Waals surface area contributed by atoms with Gasteiger partial charge in [-0.05, 0) is 50.4 Å². The van der Waals surface area contributed by atoms with E-state index in [2.05, 4.69) is 10.3 Å². The molecule has 3 nitrogen and oxygen atoms in total. The maximum absolute atomic E-state index is 5.69. The van der Waals surface area contributed by atoms with Gasteiger partial charge in [0.25, 0.3) is 5.22 Å². The minimum atomic E-state index is 0.806. The van der Waals surface area contributed by atoms with Crippen LogP contribution >= 0.6 is 11.8 Å². The molecular weight excluding hydrogens is 244 g/mol. The van der Waals surface area contributed by atoms with E-state index in [4.69, 9.17) is 4.42 Å². The molecule has 0 aliphatic carbocycles. The van der Waals surface area contributed by atoms with Crippen molar-refractivity contribution in [2.75, 3.05) is 18.8 Å². The zero-order chi connectivity index (χ0) is 12.2. The third kappa shape index (κ3) is 2.87. The fourth-order valence-corrected chi connectivity index (χ4v) is 3.33. The molecule has 0 saturated carbocycles. The van der Waals surface area contributed by atoms with E-state index in [1.807, 2.05) is 24.3 Å². The highest BCUT2D eigenvalue weighted by atomic mass is 32.2. The molecule has 4 heteroatoms. The second kappa shape index (κ2) is 5.76. The summed E-state index contributed by atoms with van der Waals surface area (Å²) in [6.45, 7) is 2.36. The average Bonchev–Trinajstić information content (AvgIpc) is 2.82. The molecule has 96 valence electrons. The van der Waals surface area contributed by atoms with E-state index in [1.165, 1.54) is 32.4 Å². The van der Waals surface area contributed by atoms with E-state index in [9.17, 15) is 0 Å². The molecule has 1 N–H and O–H groups in total. The van der Waals surface area contributed by atoms with Gasteiger partial charge in [-0.2, -0.15) is 0 Å². The normalized spacial score (nSPS) is 20.3. The van der Waals surface area contributed by atoms with Crippen LogP contribution in [0.4, 0.5) is 0 Å². The maximum Gasteiger partial charge on any atom is 0.256 e. The molecule has 2 heterocycles. The molecule has 0 radical (unpaired) electrons. The van der Waals surface area contributed by atoms with Crippen molar-refractivity contribution in [3.05, 3.63) is 24.3 Å². The lowest BCUT2D eigenvalue weighted by atomic mass is 9.97. The molecule has 0 spiro atoms. The molecule has 18 heavy (non-hydrogen) atoms. The van der Waals surface area contributed by atoms with Crippen molar-refractivity contribution in [2.45, 2.75) is 24.5 Å². The van der Waals surface area contributed by atoms with Gasteiger partial charge in [-0.1, -0.05) is 23.9 Å². The number of thioether (sulfide) groups is 1. The number of para-hydroxylation sites is 2. The number of aromatic nitrogens is 1. The summed E-state index contributed by atoms with van der Waals surface area (Å²) in [6.07, 6.45) is 3.93. The zero-order valence-electron chi connectivity index (χ0n) is 10.4. The maximum atomic E-state index is 5.69. The Hall–Kier alpha value is -1.00. The van der Waals surface area contributed by atoms with Gasteiger partial charge in [0.05, 0.1) is 0 Å². The van der Waals surface area contributed by atoms with Crippen LogP contribution in [0.3, 0.4) is 0 Å². The van der Waals surface area contributed by atoms with Gasteiger partial charge in [0.2, 0.25) is 0 Å². The van der Waals surface area contributed by atoms with E-state index in [1.54, 1.807) is 11.8 Å². The fraction of sp³-hybridized carbons (Fsp3) is 0.500. The van der Waals surface area contributed by atoms with E-state index in [0.717, 1.165) is 28.0 Å². The Kier molecular flexibility index (Phi) is 3.86. The average molecular weight is 262 g/mol. The third-order valence-electron chi connectivity index (χ3n) is 3.42. The first-order chi connectivity index (χ1) is 8.92. The highest BCUT2D eigenvalue weighted by molar-refractivity contribution is 7.99. The van der Waals surface area contributed by atoms with Crippen molar-refractivity contribution >= 4 is 22.9 Å². The number of nitrogens with zero attached hydrogens (tertiary/aromatic N) is 1. The highest BCUT2D eigenvalue weighted by Gasteiger charge is 2.13. The van der Waals surface area contributed by atoms with Crippen LogP contribution in [0.1, 0.15) is 19.3 Å². The van der Waals surface area contributed by atoms with Gasteiger partial charge in [0, 0.05) is 5.75 Å². The minimum absolute atomic E-state index is 0.806. The number of piperidine rings is 1. The Morgan fingerprint density at radius 3 is 3.17 bits per heavy atom. The largest absolute Gasteiger partial charge is 0.431 e. The minimum Gasteiger partial charge on any atom is -0.431 e. The Morgan fingerprint density at radius 1 is 1.39 bits per heavy atom. The Balaban J connectivity index is 1.53. The molecule has 1 aromatic heterocycles. The van der Waals surface area contributed by atoms with Crippen LogP contribution in [0.25, 0.3) is 11.1 Å². The van der Waals surface area contributed by atoms with Crippen LogP contribution in [0.15, 0.2) is 33.9 Å². The van der Waals surface area contributed by atoms with Crippen molar-refractivity contribution in [1.82, 2.24) is 10.3 Å². The predicted octanol–water partition coefficient (Wildman–Crippen LogP) is 3.31. The summed E-state index contributed by atoms with van der Waals surface area (Å²) in [5.74, 6) is 1.93. The Labute approximate surface area is 111 Å². The topological polar surface area (TPSA) is 38.1 Å². The van der Waals surface area contributed by atoms with Crippen molar-refractivity contribution < 1.29 is 4.42 Å².